The molecule has 196 valence electrons. The van der Waals surface area contributed by atoms with Crippen LogP contribution in [0.4, 0.5) is 5.69 Å². The van der Waals surface area contributed by atoms with Crippen LogP contribution in [0.25, 0.3) is 0 Å². The van der Waals surface area contributed by atoms with Gasteiger partial charge in [0, 0.05) is 32.7 Å². The molecule has 1 aliphatic heterocycles. The molecule has 0 amide bonds. The van der Waals surface area contributed by atoms with Gasteiger partial charge in [-0.1, -0.05) is 83.5 Å². The number of benzene rings is 1. The fourth-order valence-electron chi connectivity index (χ4n) is 3.14. The van der Waals surface area contributed by atoms with Gasteiger partial charge in [0.15, 0.2) is 0 Å². The second kappa shape index (κ2) is 23.1. The Labute approximate surface area is 220 Å². The predicted octanol–water partition coefficient (Wildman–Crippen LogP) is 8.04. The van der Waals surface area contributed by atoms with Gasteiger partial charge in [-0.3, -0.25) is 4.90 Å². The third-order valence-electron chi connectivity index (χ3n) is 4.65. The number of ether oxygens (including phenoxy) is 1. The monoisotopic (exact) mass is 513 g/mol. The zero-order chi connectivity index (χ0) is 26.4. The van der Waals surface area contributed by atoms with Crippen molar-refractivity contribution in [1.29, 1.82) is 0 Å². The Hall–Kier alpha value is -1.62. The SMILES string of the molecule is C/C=C\C(=C/C(C)C)OC.C=CNCCCN1CCN(c2cccc(Cl)c2Cl)CC1.CC.CC. The van der Waals surface area contributed by atoms with E-state index in [1.165, 1.54) is 0 Å². The van der Waals surface area contributed by atoms with E-state index < -0.39 is 0 Å². The number of halogens is 2. The number of anilines is 1. The second-order valence-electron chi connectivity index (χ2n) is 7.43. The molecule has 1 aliphatic rings. The lowest BCUT2D eigenvalue weighted by molar-refractivity contribution is 0.255. The van der Waals surface area contributed by atoms with Crippen LogP contribution in [0, 0.1) is 5.92 Å². The molecular weight excluding hydrogens is 465 g/mol. The number of hydrogen-bond donors (Lipinski definition) is 1. The van der Waals surface area contributed by atoms with Crippen LogP contribution in [0.2, 0.25) is 10.0 Å². The van der Waals surface area contributed by atoms with Crippen molar-refractivity contribution in [3.63, 3.8) is 0 Å². The van der Waals surface area contributed by atoms with Gasteiger partial charge in [-0.05, 0) is 56.3 Å². The van der Waals surface area contributed by atoms with E-state index in [0.29, 0.717) is 16.0 Å². The summed E-state index contributed by atoms with van der Waals surface area (Å²) >= 11 is 12.4. The maximum absolute atomic E-state index is 6.28. The van der Waals surface area contributed by atoms with Crippen molar-refractivity contribution in [3.8, 4) is 0 Å². The summed E-state index contributed by atoms with van der Waals surface area (Å²) in [7, 11) is 1.69. The van der Waals surface area contributed by atoms with Crippen LogP contribution in [0.5, 0.6) is 0 Å². The van der Waals surface area contributed by atoms with Gasteiger partial charge in [-0.25, -0.2) is 0 Å². The van der Waals surface area contributed by atoms with Crippen LogP contribution >= 0.6 is 23.2 Å². The maximum atomic E-state index is 6.28. The van der Waals surface area contributed by atoms with Gasteiger partial charge >= 0.3 is 0 Å². The third-order valence-corrected chi connectivity index (χ3v) is 5.46. The zero-order valence-corrected chi connectivity index (χ0v) is 24.3. The molecule has 0 aliphatic carbocycles. The molecule has 1 aromatic carbocycles. The molecule has 0 radical (unpaired) electrons. The Bertz CT molecular complexity index is 682. The number of nitrogens with one attached hydrogen (secondary N) is 1. The largest absolute Gasteiger partial charge is 0.497 e. The van der Waals surface area contributed by atoms with Gasteiger partial charge < -0.3 is 15.0 Å². The van der Waals surface area contributed by atoms with Crippen LogP contribution < -0.4 is 10.2 Å². The molecule has 1 aromatic rings. The van der Waals surface area contributed by atoms with Crippen molar-refractivity contribution in [2.24, 2.45) is 5.92 Å². The molecule has 1 fully saturated rings. The first-order valence-electron chi connectivity index (χ1n) is 12.6. The van der Waals surface area contributed by atoms with E-state index in [1.807, 2.05) is 65.0 Å². The smallest absolute Gasteiger partial charge is 0.114 e. The summed E-state index contributed by atoms with van der Waals surface area (Å²) in [5.74, 6) is 1.49. The molecule has 0 unspecified atom stereocenters. The summed E-state index contributed by atoms with van der Waals surface area (Å²) in [4.78, 5) is 4.80. The third kappa shape index (κ3) is 15.3. The summed E-state index contributed by atoms with van der Waals surface area (Å²) in [6.07, 6.45) is 8.90. The van der Waals surface area contributed by atoms with Crippen LogP contribution in [0.15, 0.2) is 55.0 Å². The molecule has 1 heterocycles. The molecule has 1 saturated heterocycles. The highest BCUT2D eigenvalue weighted by atomic mass is 35.5. The first-order chi connectivity index (χ1) is 16.4. The second-order valence-corrected chi connectivity index (χ2v) is 8.22. The van der Waals surface area contributed by atoms with Crippen LogP contribution in [0.1, 0.15) is 54.9 Å². The molecule has 0 saturated carbocycles. The van der Waals surface area contributed by atoms with Gasteiger partial charge in [0.1, 0.15) is 5.76 Å². The summed E-state index contributed by atoms with van der Waals surface area (Å²) in [6.45, 7) is 24.1. The standard InChI is InChI=1S/C15H21Cl2N3.C9H16O.2C2H6/c1-2-18-7-4-8-19-9-11-20(12-10-19)14-6-3-5-13(16)15(14)17;1-5-6-9(10-4)7-8(2)3;2*1-2/h2-3,5-6,18H,1,4,7-12H2;5-8H,1-4H3;2*1-2H3/b;6-5-,9-7+;;. The van der Waals surface area contributed by atoms with Crippen molar-refractivity contribution in [2.75, 3.05) is 51.3 Å². The summed E-state index contributed by atoms with van der Waals surface area (Å²) in [5.41, 5.74) is 1.05. The lowest BCUT2D eigenvalue weighted by atomic mass is 10.2. The van der Waals surface area contributed by atoms with Crippen LogP contribution in [-0.2, 0) is 4.74 Å². The van der Waals surface area contributed by atoms with Crippen molar-refractivity contribution in [2.45, 2.75) is 54.9 Å². The fourth-order valence-corrected chi connectivity index (χ4v) is 3.56. The molecule has 0 bridgehead atoms. The van der Waals surface area contributed by atoms with Crippen molar-refractivity contribution in [3.05, 3.63) is 65.0 Å². The van der Waals surface area contributed by atoms with E-state index in [2.05, 4.69) is 41.6 Å². The lowest BCUT2D eigenvalue weighted by Crippen LogP contribution is -2.47. The maximum Gasteiger partial charge on any atom is 0.114 e. The summed E-state index contributed by atoms with van der Waals surface area (Å²) in [6, 6.07) is 5.82. The Morgan fingerprint density at radius 1 is 1.12 bits per heavy atom. The summed E-state index contributed by atoms with van der Waals surface area (Å²) in [5, 5.41) is 4.42. The van der Waals surface area contributed by atoms with E-state index in [4.69, 9.17) is 27.9 Å². The molecular formula is C28H49Cl2N3O. The molecule has 4 nitrogen and oxygen atoms in total. The normalized spacial score (nSPS) is 13.7. The number of rotatable bonds is 9. The number of methoxy groups -OCH3 is 1. The fraction of sp³-hybridized carbons (Fsp3) is 0.571. The Morgan fingerprint density at radius 3 is 2.24 bits per heavy atom. The number of piperazine rings is 1. The quantitative estimate of drug-likeness (QED) is 0.205. The topological polar surface area (TPSA) is 27.7 Å². The number of allylic oxidation sites excluding steroid dienone is 3. The summed E-state index contributed by atoms with van der Waals surface area (Å²) < 4.78 is 5.08. The van der Waals surface area contributed by atoms with Crippen molar-refractivity contribution >= 4 is 28.9 Å². The molecule has 2 rings (SSSR count). The van der Waals surface area contributed by atoms with E-state index in [1.54, 1.807) is 13.3 Å². The molecule has 1 N–H and O–H groups in total. The van der Waals surface area contributed by atoms with Gasteiger partial charge in [-0.2, -0.15) is 0 Å². The first-order valence-corrected chi connectivity index (χ1v) is 13.3. The van der Waals surface area contributed by atoms with Crippen molar-refractivity contribution < 1.29 is 4.74 Å². The molecule has 34 heavy (non-hydrogen) atoms. The first kappa shape index (κ1) is 34.5. The van der Waals surface area contributed by atoms with E-state index >= 15 is 0 Å². The van der Waals surface area contributed by atoms with Gasteiger partial charge in [0.05, 0.1) is 22.8 Å². The minimum Gasteiger partial charge on any atom is -0.497 e. The van der Waals surface area contributed by atoms with Crippen LogP contribution in [-0.4, -0.2) is 51.3 Å². The van der Waals surface area contributed by atoms with E-state index in [-0.39, 0.29) is 0 Å². The van der Waals surface area contributed by atoms with Gasteiger partial charge in [0.2, 0.25) is 0 Å². The highest BCUT2D eigenvalue weighted by Crippen LogP contribution is 2.32. The number of nitrogens with zero attached hydrogens (tertiary/aromatic N) is 2. The average molecular weight is 515 g/mol. The van der Waals surface area contributed by atoms with Crippen LogP contribution in [0.3, 0.4) is 0 Å². The van der Waals surface area contributed by atoms with E-state index in [9.17, 15) is 0 Å². The minimum absolute atomic E-state index is 0.547. The van der Waals surface area contributed by atoms with Crippen molar-refractivity contribution in [1.82, 2.24) is 10.2 Å². The van der Waals surface area contributed by atoms with Gasteiger partial charge in [0.25, 0.3) is 0 Å². The lowest BCUT2D eigenvalue weighted by Gasteiger charge is -2.36. The molecule has 0 aromatic heterocycles. The van der Waals surface area contributed by atoms with E-state index in [0.717, 1.165) is 57.1 Å². The van der Waals surface area contributed by atoms with Gasteiger partial charge in [-0.15, -0.1) is 0 Å². The molecule has 6 heteroatoms. The predicted molar refractivity (Wildman–Crippen MR) is 155 cm³/mol. The minimum atomic E-state index is 0.547. The number of hydrogen-bond acceptors (Lipinski definition) is 4. The Kier molecular flexibility index (Phi) is 23.5. The molecule has 0 atom stereocenters. The highest BCUT2D eigenvalue weighted by molar-refractivity contribution is 6.43. The Morgan fingerprint density at radius 2 is 1.74 bits per heavy atom. The Balaban J connectivity index is 0. The zero-order valence-electron chi connectivity index (χ0n) is 22.8. The molecule has 0 spiro atoms. The highest BCUT2D eigenvalue weighted by Gasteiger charge is 2.19. The average Bonchev–Trinajstić information content (AvgIpc) is 2.86.